The minimum atomic E-state index is -0.293. The first-order chi connectivity index (χ1) is 12.7. The van der Waals surface area contributed by atoms with Gasteiger partial charge in [-0.3, -0.25) is 14.7 Å². The molecule has 0 saturated carbocycles. The molecule has 7 heteroatoms. The Morgan fingerprint density at radius 3 is 2.58 bits per heavy atom. The molecular weight excluding hydrogens is 348 g/mol. The first-order valence-electron chi connectivity index (χ1n) is 8.17. The fourth-order valence-corrected chi connectivity index (χ4v) is 3.65. The number of hydrogen-bond donors (Lipinski definition) is 1. The standard InChI is InChI=1S/C19H16N4O2S/c24-16-8-9-17(25)23(21-16)11-10-22-13-20-18(14-5-2-1-3-6-14)19(22)15-7-4-12-26-15/h1-9,12-13H,10-11H2,(H,21,24). The fourth-order valence-electron chi connectivity index (χ4n) is 2.87. The third kappa shape index (κ3) is 3.16. The van der Waals surface area contributed by atoms with Crippen LogP contribution in [0, 0.1) is 0 Å². The lowest BCUT2D eigenvalue weighted by atomic mass is 10.1. The molecule has 0 aliphatic carbocycles. The Kier molecular flexibility index (Phi) is 4.37. The summed E-state index contributed by atoms with van der Waals surface area (Å²) in [5, 5.41) is 4.58. The van der Waals surface area contributed by atoms with Crippen LogP contribution in [-0.4, -0.2) is 19.3 Å². The van der Waals surface area contributed by atoms with Crippen LogP contribution in [0.4, 0.5) is 0 Å². The predicted molar refractivity (Wildman–Crippen MR) is 102 cm³/mol. The van der Waals surface area contributed by atoms with Crippen LogP contribution >= 0.6 is 11.3 Å². The van der Waals surface area contributed by atoms with Gasteiger partial charge in [0.15, 0.2) is 0 Å². The topological polar surface area (TPSA) is 72.7 Å². The molecule has 0 aliphatic heterocycles. The molecule has 0 unspecified atom stereocenters. The minimum absolute atomic E-state index is 0.231. The second-order valence-electron chi connectivity index (χ2n) is 5.78. The van der Waals surface area contributed by atoms with Gasteiger partial charge in [-0.1, -0.05) is 36.4 Å². The van der Waals surface area contributed by atoms with E-state index in [0.717, 1.165) is 21.8 Å². The van der Waals surface area contributed by atoms with Crippen molar-refractivity contribution < 1.29 is 0 Å². The fraction of sp³-hybridized carbons (Fsp3) is 0.105. The van der Waals surface area contributed by atoms with E-state index in [1.165, 1.54) is 16.8 Å². The Morgan fingerprint density at radius 2 is 1.81 bits per heavy atom. The number of nitrogens with one attached hydrogen (secondary N) is 1. The highest BCUT2D eigenvalue weighted by atomic mass is 32.1. The van der Waals surface area contributed by atoms with E-state index in [1.54, 1.807) is 17.7 Å². The van der Waals surface area contributed by atoms with Crippen LogP contribution in [0.2, 0.25) is 0 Å². The van der Waals surface area contributed by atoms with Crippen LogP contribution in [0.3, 0.4) is 0 Å². The van der Waals surface area contributed by atoms with Crippen LogP contribution < -0.4 is 11.1 Å². The van der Waals surface area contributed by atoms with Crippen molar-refractivity contribution in [2.75, 3.05) is 0 Å². The Balaban J connectivity index is 1.73. The number of H-pyrrole nitrogens is 1. The van der Waals surface area contributed by atoms with Crippen molar-refractivity contribution in [2.45, 2.75) is 13.1 Å². The molecule has 0 radical (unpaired) electrons. The van der Waals surface area contributed by atoms with Crippen molar-refractivity contribution in [3.8, 4) is 21.8 Å². The Bertz CT molecular complexity index is 1120. The average Bonchev–Trinajstić information content (AvgIpc) is 3.32. The molecule has 0 atom stereocenters. The number of imidazole rings is 1. The van der Waals surface area contributed by atoms with E-state index in [2.05, 4.69) is 16.1 Å². The normalized spacial score (nSPS) is 10.9. The number of aromatic nitrogens is 4. The summed E-state index contributed by atoms with van der Waals surface area (Å²) in [6.45, 7) is 0.880. The largest absolute Gasteiger partial charge is 0.328 e. The molecule has 0 saturated heterocycles. The zero-order chi connectivity index (χ0) is 17.9. The lowest BCUT2D eigenvalue weighted by Gasteiger charge is -2.10. The number of hydrogen-bond acceptors (Lipinski definition) is 4. The maximum absolute atomic E-state index is 11.9. The van der Waals surface area contributed by atoms with Gasteiger partial charge in [-0.05, 0) is 11.4 Å². The molecule has 0 aliphatic rings. The highest BCUT2D eigenvalue weighted by Crippen LogP contribution is 2.33. The van der Waals surface area contributed by atoms with Gasteiger partial charge in [0, 0.05) is 24.2 Å². The van der Waals surface area contributed by atoms with E-state index in [-0.39, 0.29) is 11.1 Å². The van der Waals surface area contributed by atoms with Crippen molar-refractivity contribution in [3.63, 3.8) is 0 Å². The third-order valence-corrected chi connectivity index (χ3v) is 4.97. The summed E-state index contributed by atoms with van der Waals surface area (Å²) in [6, 6.07) is 16.6. The molecule has 4 aromatic rings. The molecule has 4 rings (SSSR count). The number of aromatic amines is 1. The van der Waals surface area contributed by atoms with Crippen LogP contribution in [0.15, 0.2) is 75.9 Å². The molecule has 3 aromatic heterocycles. The van der Waals surface area contributed by atoms with E-state index in [1.807, 2.05) is 46.3 Å². The summed E-state index contributed by atoms with van der Waals surface area (Å²) >= 11 is 1.64. The summed E-state index contributed by atoms with van der Waals surface area (Å²) < 4.78 is 3.34. The summed E-state index contributed by atoms with van der Waals surface area (Å²) in [6.07, 6.45) is 1.78. The second kappa shape index (κ2) is 6.97. The molecule has 6 nitrogen and oxygen atoms in total. The number of thiophene rings is 1. The van der Waals surface area contributed by atoms with Crippen molar-refractivity contribution in [1.82, 2.24) is 19.3 Å². The van der Waals surface area contributed by atoms with E-state index in [4.69, 9.17) is 0 Å². The molecule has 0 bridgehead atoms. The monoisotopic (exact) mass is 364 g/mol. The summed E-state index contributed by atoms with van der Waals surface area (Å²) in [5.74, 6) is 0. The Labute approximate surface area is 153 Å². The molecule has 26 heavy (non-hydrogen) atoms. The molecule has 0 fully saturated rings. The Hall–Kier alpha value is -3.19. The zero-order valence-corrected chi connectivity index (χ0v) is 14.6. The maximum Gasteiger partial charge on any atom is 0.265 e. The summed E-state index contributed by atoms with van der Waals surface area (Å²) in [5.41, 5.74) is 2.43. The number of rotatable bonds is 5. The summed E-state index contributed by atoms with van der Waals surface area (Å²) in [4.78, 5) is 29.1. The summed E-state index contributed by atoms with van der Waals surface area (Å²) in [7, 11) is 0. The highest BCUT2D eigenvalue weighted by molar-refractivity contribution is 7.13. The van der Waals surface area contributed by atoms with Crippen LogP contribution in [-0.2, 0) is 13.1 Å². The highest BCUT2D eigenvalue weighted by Gasteiger charge is 2.15. The molecule has 0 amide bonds. The molecule has 1 N–H and O–H groups in total. The SMILES string of the molecule is O=c1ccc(=O)n(CCn2cnc(-c3ccccc3)c2-c2cccs2)[nH]1. The van der Waals surface area contributed by atoms with Crippen molar-refractivity contribution in [1.29, 1.82) is 0 Å². The molecule has 1 aromatic carbocycles. The van der Waals surface area contributed by atoms with Crippen molar-refractivity contribution in [2.24, 2.45) is 0 Å². The first kappa shape index (κ1) is 16.3. The number of aryl methyl sites for hydroxylation is 2. The van der Waals surface area contributed by atoms with Crippen LogP contribution in [0.1, 0.15) is 0 Å². The number of benzene rings is 1. The van der Waals surface area contributed by atoms with E-state index in [0.29, 0.717) is 13.1 Å². The third-order valence-electron chi connectivity index (χ3n) is 4.09. The quantitative estimate of drug-likeness (QED) is 0.592. The van der Waals surface area contributed by atoms with Gasteiger partial charge in [0.25, 0.3) is 11.1 Å². The van der Waals surface area contributed by atoms with Gasteiger partial charge in [-0.15, -0.1) is 11.3 Å². The van der Waals surface area contributed by atoms with Gasteiger partial charge in [-0.2, -0.15) is 0 Å². The average molecular weight is 364 g/mol. The molecule has 3 heterocycles. The van der Waals surface area contributed by atoms with Gasteiger partial charge in [0.05, 0.1) is 29.1 Å². The van der Waals surface area contributed by atoms with Crippen molar-refractivity contribution in [3.05, 3.63) is 87.0 Å². The van der Waals surface area contributed by atoms with E-state index < -0.39 is 0 Å². The number of nitrogens with zero attached hydrogens (tertiary/aromatic N) is 3. The molecule has 0 spiro atoms. The van der Waals surface area contributed by atoms with Crippen LogP contribution in [0.5, 0.6) is 0 Å². The van der Waals surface area contributed by atoms with Gasteiger partial charge in [0.1, 0.15) is 0 Å². The smallest absolute Gasteiger partial charge is 0.265 e. The van der Waals surface area contributed by atoms with Crippen LogP contribution in [0.25, 0.3) is 21.8 Å². The molecular formula is C19H16N4O2S. The Morgan fingerprint density at radius 1 is 0.962 bits per heavy atom. The lowest BCUT2D eigenvalue weighted by molar-refractivity contribution is 0.507. The predicted octanol–water partition coefficient (Wildman–Crippen LogP) is 2.83. The van der Waals surface area contributed by atoms with Gasteiger partial charge >= 0.3 is 0 Å². The zero-order valence-electron chi connectivity index (χ0n) is 13.8. The lowest BCUT2D eigenvalue weighted by Crippen LogP contribution is -2.29. The van der Waals surface area contributed by atoms with E-state index in [9.17, 15) is 9.59 Å². The second-order valence-corrected chi connectivity index (χ2v) is 6.73. The maximum atomic E-state index is 11.9. The van der Waals surface area contributed by atoms with Crippen molar-refractivity contribution >= 4 is 11.3 Å². The minimum Gasteiger partial charge on any atom is -0.328 e. The first-order valence-corrected chi connectivity index (χ1v) is 9.05. The van der Waals surface area contributed by atoms with Gasteiger partial charge in [-0.25, -0.2) is 9.67 Å². The van der Waals surface area contributed by atoms with E-state index >= 15 is 0 Å². The van der Waals surface area contributed by atoms with Gasteiger partial charge in [0.2, 0.25) is 0 Å². The molecule has 130 valence electrons. The van der Waals surface area contributed by atoms with Gasteiger partial charge < -0.3 is 4.57 Å².